The molecule has 0 heterocycles. The third kappa shape index (κ3) is 2.43. The van der Waals surface area contributed by atoms with E-state index in [0.29, 0.717) is 20.8 Å². The zero-order valence-corrected chi connectivity index (χ0v) is 12.6. The number of halogens is 2. The number of rotatable bonds is 2. The van der Waals surface area contributed by atoms with E-state index in [2.05, 4.69) is 0 Å². The van der Waals surface area contributed by atoms with Crippen LogP contribution < -0.4 is 10.5 Å². The molecule has 0 atom stereocenters. The molecule has 100 valence electrons. The van der Waals surface area contributed by atoms with Crippen molar-refractivity contribution in [3.63, 3.8) is 0 Å². The van der Waals surface area contributed by atoms with Gasteiger partial charge in [0.1, 0.15) is 11.6 Å². The van der Waals surface area contributed by atoms with E-state index in [1.54, 1.807) is 6.07 Å². The minimum absolute atomic E-state index is 0.333. The summed E-state index contributed by atoms with van der Waals surface area (Å²) in [6.45, 7) is 0. The fraction of sp³-hybridized carbons (Fsp3) is 0. The van der Waals surface area contributed by atoms with Gasteiger partial charge in [-0.2, -0.15) is 0 Å². The van der Waals surface area contributed by atoms with E-state index in [0.717, 1.165) is 10.8 Å². The lowest BCUT2D eigenvalue weighted by atomic mass is 10.1. The summed E-state index contributed by atoms with van der Waals surface area (Å²) >= 11 is 1.90. The van der Waals surface area contributed by atoms with Gasteiger partial charge >= 0.3 is 0 Å². The highest BCUT2D eigenvalue weighted by atomic mass is 127. The zero-order valence-electron chi connectivity index (χ0n) is 10.4. The number of anilines is 1. The quantitative estimate of drug-likeness (QED) is 0.505. The second-order valence-electron chi connectivity index (χ2n) is 4.38. The Kier molecular flexibility index (Phi) is 3.48. The van der Waals surface area contributed by atoms with Crippen LogP contribution in [0.1, 0.15) is 0 Å². The van der Waals surface area contributed by atoms with E-state index in [4.69, 9.17) is 10.5 Å². The number of nitrogen functional groups attached to an aromatic ring is 1. The number of hydrogen-bond acceptors (Lipinski definition) is 2. The molecule has 0 aliphatic rings. The highest BCUT2D eigenvalue weighted by Gasteiger charge is 2.09. The molecule has 0 fully saturated rings. The lowest BCUT2D eigenvalue weighted by Gasteiger charge is -2.11. The van der Waals surface area contributed by atoms with Crippen molar-refractivity contribution in [3.05, 3.63) is 64.0 Å². The maximum atomic E-state index is 13.6. The SMILES string of the molecule is Nc1cc(I)c(F)cc1Oc1cccc2ccccc12. The molecule has 0 bridgehead atoms. The van der Waals surface area contributed by atoms with Gasteiger partial charge in [0, 0.05) is 11.5 Å². The Labute approximate surface area is 129 Å². The highest BCUT2D eigenvalue weighted by Crippen LogP contribution is 2.34. The Morgan fingerprint density at radius 2 is 1.70 bits per heavy atom. The molecule has 0 unspecified atom stereocenters. The Balaban J connectivity index is 2.08. The summed E-state index contributed by atoms with van der Waals surface area (Å²) < 4.78 is 19.9. The summed E-state index contributed by atoms with van der Waals surface area (Å²) in [4.78, 5) is 0. The maximum absolute atomic E-state index is 13.6. The van der Waals surface area contributed by atoms with Gasteiger partial charge in [-0.05, 0) is 40.1 Å². The summed E-state index contributed by atoms with van der Waals surface area (Å²) in [5, 5.41) is 2.03. The first kappa shape index (κ1) is 13.2. The van der Waals surface area contributed by atoms with Gasteiger partial charge in [-0.3, -0.25) is 0 Å². The van der Waals surface area contributed by atoms with Gasteiger partial charge in [-0.1, -0.05) is 36.4 Å². The van der Waals surface area contributed by atoms with E-state index < -0.39 is 0 Å². The topological polar surface area (TPSA) is 35.2 Å². The Morgan fingerprint density at radius 3 is 2.55 bits per heavy atom. The van der Waals surface area contributed by atoms with E-state index in [1.807, 2.05) is 65.1 Å². The third-order valence-corrected chi connectivity index (χ3v) is 3.85. The Bertz CT molecular complexity index is 783. The molecule has 3 aromatic carbocycles. The van der Waals surface area contributed by atoms with Gasteiger partial charge in [0.05, 0.1) is 9.26 Å². The van der Waals surface area contributed by atoms with Crippen molar-refractivity contribution in [2.45, 2.75) is 0 Å². The fourth-order valence-electron chi connectivity index (χ4n) is 2.04. The van der Waals surface area contributed by atoms with E-state index in [-0.39, 0.29) is 5.82 Å². The average molecular weight is 379 g/mol. The molecule has 4 heteroatoms. The van der Waals surface area contributed by atoms with Crippen LogP contribution in [0.15, 0.2) is 54.6 Å². The number of hydrogen-bond donors (Lipinski definition) is 1. The van der Waals surface area contributed by atoms with Gasteiger partial charge in [0.2, 0.25) is 0 Å². The van der Waals surface area contributed by atoms with Crippen molar-refractivity contribution in [1.29, 1.82) is 0 Å². The molecule has 0 saturated heterocycles. The normalized spacial score (nSPS) is 10.7. The van der Waals surface area contributed by atoms with E-state index in [9.17, 15) is 4.39 Å². The van der Waals surface area contributed by atoms with E-state index in [1.165, 1.54) is 6.07 Å². The second-order valence-corrected chi connectivity index (χ2v) is 5.55. The summed E-state index contributed by atoms with van der Waals surface area (Å²) in [6, 6.07) is 16.5. The van der Waals surface area contributed by atoms with Crippen LogP contribution in [-0.4, -0.2) is 0 Å². The molecular weight excluding hydrogens is 368 g/mol. The first-order valence-electron chi connectivity index (χ1n) is 6.05. The summed E-state index contributed by atoms with van der Waals surface area (Å²) in [7, 11) is 0. The number of benzene rings is 3. The summed E-state index contributed by atoms with van der Waals surface area (Å²) in [5.74, 6) is 0.657. The van der Waals surface area contributed by atoms with Crippen LogP contribution in [-0.2, 0) is 0 Å². The highest BCUT2D eigenvalue weighted by molar-refractivity contribution is 14.1. The molecule has 3 aromatic rings. The average Bonchev–Trinajstić information content (AvgIpc) is 2.45. The largest absolute Gasteiger partial charge is 0.454 e. The predicted octanol–water partition coefficient (Wildman–Crippen LogP) is 4.96. The standard InChI is InChI=1S/C16H11FINO/c17-12-8-16(14(19)9-13(12)18)20-15-7-3-5-10-4-1-2-6-11(10)15/h1-9H,19H2. The first-order chi connectivity index (χ1) is 9.65. The molecule has 2 N–H and O–H groups in total. The van der Waals surface area contributed by atoms with Gasteiger partial charge in [-0.15, -0.1) is 0 Å². The maximum Gasteiger partial charge on any atom is 0.153 e. The molecule has 0 aliphatic carbocycles. The third-order valence-electron chi connectivity index (χ3n) is 3.02. The van der Waals surface area contributed by atoms with Crippen LogP contribution >= 0.6 is 22.6 Å². The number of ether oxygens (including phenoxy) is 1. The van der Waals surface area contributed by atoms with Crippen LogP contribution in [0, 0.1) is 9.39 Å². The molecule has 0 spiro atoms. The minimum Gasteiger partial charge on any atom is -0.454 e. The fourth-order valence-corrected chi connectivity index (χ4v) is 2.53. The molecule has 0 aromatic heterocycles. The minimum atomic E-state index is -0.338. The van der Waals surface area contributed by atoms with Crippen LogP contribution in [0.3, 0.4) is 0 Å². The Hall–Kier alpha value is -1.82. The monoisotopic (exact) mass is 379 g/mol. The van der Waals surface area contributed by atoms with Crippen molar-refractivity contribution < 1.29 is 9.13 Å². The molecule has 0 saturated carbocycles. The van der Waals surface area contributed by atoms with Crippen molar-refractivity contribution in [1.82, 2.24) is 0 Å². The van der Waals surface area contributed by atoms with Crippen molar-refractivity contribution in [2.75, 3.05) is 5.73 Å². The zero-order chi connectivity index (χ0) is 14.1. The van der Waals surface area contributed by atoms with Crippen molar-refractivity contribution in [2.24, 2.45) is 0 Å². The molecule has 0 amide bonds. The van der Waals surface area contributed by atoms with Crippen LogP contribution in [0.2, 0.25) is 0 Å². The predicted molar refractivity (Wildman–Crippen MR) is 87.6 cm³/mol. The van der Waals surface area contributed by atoms with Crippen LogP contribution in [0.5, 0.6) is 11.5 Å². The van der Waals surface area contributed by atoms with Gasteiger partial charge < -0.3 is 10.5 Å². The lowest BCUT2D eigenvalue weighted by molar-refractivity contribution is 0.484. The molecule has 0 aliphatic heterocycles. The van der Waals surface area contributed by atoms with Gasteiger partial charge in [0.15, 0.2) is 5.75 Å². The molecule has 3 rings (SSSR count). The molecule has 2 nitrogen and oxygen atoms in total. The first-order valence-corrected chi connectivity index (χ1v) is 7.13. The number of fused-ring (bicyclic) bond motifs is 1. The smallest absolute Gasteiger partial charge is 0.153 e. The summed E-state index contributed by atoms with van der Waals surface area (Å²) in [5.41, 5.74) is 6.31. The van der Waals surface area contributed by atoms with Crippen molar-refractivity contribution in [3.8, 4) is 11.5 Å². The van der Waals surface area contributed by atoms with E-state index >= 15 is 0 Å². The second kappa shape index (κ2) is 5.28. The molecule has 20 heavy (non-hydrogen) atoms. The van der Waals surface area contributed by atoms with Crippen LogP contribution in [0.25, 0.3) is 10.8 Å². The number of nitrogens with two attached hydrogens (primary N) is 1. The summed E-state index contributed by atoms with van der Waals surface area (Å²) in [6.07, 6.45) is 0. The van der Waals surface area contributed by atoms with Crippen LogP contribution in [0.4, 0.5) is 10.1 Å². The van der Waals surface area contributed by atoms with Gasteiger partial charge in [-0.25, -0.2) is 4.39 Å². The molecule has 0 radical (unpaired) electrons. The van der Waals surface area contributed by atoms with Gasteiger partial charge in [0.25, 0.3) is 0 Å². The van der Waals surface area contributed by atoms with Crippen molar-refractivity contribution >= 4 is 39.1 Å². The Morgan fingerprint density at radius 1 is 0.950 bits per heavy atom. The molecular formula is C16H11FINO. The lowest BCUT2D eigenvalue weighted by Crippen LogP contribution is -1.95.